The van der Waals surface area contributed by atoms with Gasteiger partial charge in [-0.3, -0.25) is 0 Å². The molecule has 0 spiro atoms. The van der Waals surface area contributed by atoms with Crippen LogP contribution in [0.5, 0.6) is 0 Å². The van der Waals surface area contributed by atoms with Gasteiger partial charge in [0.15, 0.2) is 0 Å². The first-order valence-electron chi connectivity index (χ1n) is 12.0. The molecule has 2 aromatic carbocycles. The highest BCUT2D eigenvalue weighted by molar-refractivity contribution is 7.89. The van der Waals surface area contributed by atoms with Crippen molar-refractivity contribution in [1.29, 1.82) is 0 Å². The van der Waals surface area contributed by atoms with Crippen LogP contribution in [0.1, 0.15) is 42.2 Å². The third-order valence-electron chi connectivity index (χ3n) is 7.86. The lowest BCUT2D eigenvalue weighted by Crippen LogP contribution is -2.44. The van der Waals surface area contributed by atoms with Gasteiger partial charge in [0, 0.05) is 43.6 Å². The van der Waals surface area contributed by atoms with Crippen LogP contribution in [0.4, 0.5) is 14.5 Å². The number of fused-ring (bicyclic) bond motifs is 1. The van der Waals surface area contributed by atoms with E-state index in [1.165, 1.54) is 16.4 Å². The molecule has 1 aliphatic carbocycles. The van der Waals surface area contributed by atoms with Gasteiger partial charge in [0.25, 0.3) is 0 Å². The van der Waals surface area contributed by atoms with Crippen LogP contribution >= 0.6 is 0 Å². The average Bonchev–Trinajstić information content (AvgIpc) is 3.19. The normalized spacial score (nSPS) is 29.8. The van der Waals surface area contributed by atoms with E-state index in [4.69, 9.17) is 0 Å². The van der Waals surface area contributed by atoms with Crippen LogP contribution in [-0.4, -0.2) is 46.6 Å². The quantitative estimate of drug-likeness (QED) is 0.532. The van der Waals surface area contributed by atoms with Crippen molar-refractivity contribution >= 4 is 15.7 Å². The van der Waals surface area contributed by atoms with Gasteiger partial charge in [-0.25, -0.2) is 17.2 Å². The van der Waals surface area contributed by atoms with Gasteiger partial charge < -0.3 is 9.47 Å². The zero-order valence-corrected chi connectivity index (χ0v) is 20.2. The maximum atomic E-state index is 15.2. The third-order valence-corrected chi connectivity index (χ3v) is 10.2. The van der Waals surface area contributed by atoms with E-state index in [1.807, 2.05) is 41.8 Å². The molecule has 184 valence electrons. The largest absolute Gasteiger partial charge is 0.366 e. The molecule has 1 aromatic heterocycles. The number of hydrogen-bond acceptors (Lipinski definition) is 5. The van der Waals surface area contributed by atoms with E-state index >= 15 is 8.78 Å². The summed E-state index contributed by atoms with van der Waals surface area (Å²) in [5.74, 6) is -0.662. The Labute approximate surface area is 203 Å². The smallest absolute Gasteiger partial charge is 0.221 e. The molecule has 1 saturated carbocycles. The highest BCUT2D eigenvalue weighted by atomic mass is 32.2. The number of halogens is 2. The fourth-order valence-electron chi connectivity index (χ4n) is 6.03. The molecule has 3 heterocycles. The Kier molecular flexibility index (Phi) is 5.41. The first-order chi connectivity index (χ1) is 16.8. The Balaban J connectivity index is 1.20. The van der Waals surface area contributed by atoms with E-state index in [0.29, 0.717) is 43.3 Å². The van der Waals surface area contributed by atoms with Crippen molar-refractivity contribution in [3.05, 3.63) is 77.9 Å². The molecule has 0 N–H and O–H groups in total. The Hall–Kier alpha value is -2.85. The van der Waals surface area contributed by atoms with Gasteiger partial charge >= 0.3 is 0 Å². The van der Waals surface area contributed by atoms with Gasteiger partial charge in [-0.05, 0) is 43.0 Å². The first kappa shape index (κ1) is 22.6. The maximum absolute atomic E-state index is 15.2. The number of piperidine rings is 1. The lowest BCUT2D eigenvalue weighted by molar-refractivity contribution is 0.281. The number of aromatic nitrogens is 3. The molecule has 0 bridgehead atoms. The van der Waals surface area contributed by atoms with Gasteiger partial charge in [0.1, 0.15) is 35.2 Å². The summed E-state index contributed by atoms with van der Waals surface area (Å²) in [6.45, 7) is 2.93. The number of benzene rings is 2. The molecule has 0 unspecified atom stereocenters. The summed E-state index contributed by atoms with van der Waals surface area (Å²) in [5.41, 5.74) is 1.04. The molecule has 3 fully saturated rings. The van der Waals surface area contributed by atoms with E-state index in [-0.39, 0.29) is 24.3 Å². The highest BCUT2D eigenvalue weighted by Gasteiger charge is 2.57. The van der Waals surface area contributed by atoms with Crippen LogP contribution in [0.25, 0.3) is 0 Å². The zero-order valence-electron chi connectivity index (χ0n) is 19.3. The predicted molar refractivity (Wildman–Crippen MR) is 127 cm³/mol. The van der Waals surface area contributed by atoms with Crippen molar-refractivity contribution in [2.24, 2.45) is 11.8 Å². The Morgan fingerprint density at radius 1 is 0.971 bits per heavy atom. The van der Waals surface area contributed by atoms with Gasteiger partial charge in [-0.1, -0.05) is 30.3 Å². The second kappa shape index (κ2) is 8.37. The van der Waals surface area contributed by atoms with Crippen molar-refractivity contribution in [3.8, 4) is 0 Å². The van der Waals surface area contributed by atoms with Crippen molar-refractivity contribution in [2.75, 3.05) is 18.0 Å². The molecular weight excluding hydrogens is 472 g/mol. The predicted octanol–water partition coefficient (Wildman–Crippen LogP) is 3.92. The average molecular weight is 500 g/mol. The molecule has 2 aliphatic heterocycles. The standard InChI is InChI=1S/C25H27F2N5O2S/c1-16-7-8-23(18-5-3-2-4-6-18)35(33,34)32(16)11-17-9-21(26)25(22(27)10-17)30-12-19-20(13-30)24(19)31-14-28-29-15-31/h2-6,9-10,14-16,19-20,23-24H,7-8,11-13H2,1H3/t16-,19-,20+,23-,24-/m0/s1. The molecule has 5 atom stereocenters. The highest BCUT2D eigenvalue weighted by Crippen LogP contribution is 2.56. The Morgan fingerprint density at radius 3 is 2.23 bits per heavy atom. The fraction of sp³-hybridized carbons (Fsp3) is 0.440. The number of nitrogens with zero attached hydrogens (tertiary/aromatic N) is 5. The first-order valence-corrected chi connectivity index (χ1v) is 13.5. The van der Waals surface area contributed by atoms with Crippen molar-refractivity contribution < 1.29 is 17.2 Å². The minimum absolute atomic E-state index is 0.0276. The molecule has 3 aliphatic rings. The van der Waals surface area contributed by atoms with Gasteiger partial charge in [-0.15, -0.1) is 10.2 Å². The van der Waals surface area contributed by atoms with Crippen molar-refractivity contribution in [3.63, 3.8) is 0 Å². The molecule has 0 amide bonds. The molecule has 0 radical (unpaired) electrons. The Bertz CT molecular complexity index is 1300. The second-order valence-electron chi connectivity index (χ2n) is 9.96. The van der Waals surface area contributed by atoms with Crippen LogP contribution in [-0.2, 0) is 16.6 Å². The topological polar surface area (TPSA) is 71.3 Å². The van der Waals surface area contributed by atoms with Gasteiger partial charge in [0.2, 0.25) is 10.0 Å². The second-order valence-corrected chi connectivity index (χ2v) is 12.0. The van der Waals surface area contributed by atoms with Crippen molar-refractivity contribution in [2.45, 2.75) is 43.6 Å². The van der Waals surface area contributed by atoms with E-state index < -0.39 is 26.9 Å². The summed E-state index contributed by atoms with van der Waals surface area (Å²) < 4.78 is 60.7. The third kappa shape index (κ3) is 3.83. The van der Waals surface area contributed by atoms with Crippen LogP contribution in [0.15, 0.2) is 55.1 Å². The lowest BCUT2D eigenvalue weighted by Gasteiger charge is -2.37. The van der Waals surface area contributed by atoms with Gasteiger partial charge in [0.05, 0.1) is 0 Å². The molecule has 35 heavy (non-hydrogen) atoms. The van der Waals surface area contributed by atoms with Crippen LogP contribution in [0, 0.1) is 23.5 Å². The molecule has 2 saturated heterocycles. The molecule has 7 nitrogen and oxygen atoms in total. The van der Waals surface area contributed by atoms with E-state index in [0.717, 1.165) is 5.56 Å². The maximum Gasteiger partial charge on any atom is 0.221 e. The summed E-state index contributed by atoms with van der Waals surface area (Å²) >= 11 is 0. The van der Waals surface area contributed by atoms with E-state index in [1.54, 1.807) is 17.6 Å². The summed E-state index contributed by atoms with van der Waals surface area (Å²) in [4.78, 5) is 1.76. The minimum atomic E-state index is -3.68. The van der Waals surface area contributed by atoms with Crippen LogP contribution in [0.3, 0.4) is 0 Å². The van der Waals surface area contributed by atoms with E-state index in [9.17, 15) is 8.42 Å². The fourth-order valence-corrected chi connectivity index (χ4v) is 8.22. The van der Waals surface area contributed by atoms with Crippen LogP contribution < -0.4 is 4.90 Å². The van der Waals surface area contributed by atoms with E-state index in [2.05, 4.69) is 10.2 Å². The zero-order chi connectivity index (χ0) is 24.3. The van der Waals surface area contributed by atoms with Crippen LogP contribution in [0.2, 0.25) is 0 Å². The number of anilines is 1. The van der Waals surface area contributed by atoms with Gasteiger partial charge in [-0.2, -0.15) is 4.31 Å². The summed E-state index contributed by atoms with van der Waals surface area (Å²) in [6.07, 6.45) is 4.58. The summed E-state index contributed by atoms with van der Waals surface area (Å²) in [6, 6.07) is 11.8. The SMILES string of the molecule is C[C@H]1CC[C@@H](c2ccccc2)S(=O)(=O)N1Cc1cc(F)c(N2C[C@@H]3[C@H](C2)[C@@H]3n2cnnc2)c(F)c1. The number of sulfonamides is 1. The monoisotopic (exact) mass is 499 g/mol. The lowest BCUT2D eigenvalue weighted by atomic mass is 10.0. The molecule has 3 aromatic rings. The number of hydrogen-bond donors (Lipinski definition) is 0. The summed E-state index contributed by atoms with van der Waals surface area (Å²) in [5, 5.41) is 7.04. The summed E-state index contributed by atoms with van der Waals surface area (Å²) in [7, 11) is -3.68. The molecule has 10 heteroatoms. The number of rotatable bonds is 5. The molecular formula is C25H27F2N5O2S. The Morgan fingerprint density at radius 2 is 1.60 bits per heavy atom. The minimum Gasteiger partial charge on any atom is -0.366 e. The van der Waals surface area contributed by atoms with Crippen molar-refractivity contribution in [1.82, 2.24) is 19.1 Å². The molecule has 6 rings (SSSR count).